The summed E-state index contributed by atoms with van der Waals surface area (Å²) in [6, 6.07) is 15.3. The van der Waals surface area contributed by atoms with Crippen LogP contribution in [0.5, 0.6) is 5.75 Å². The van der Waals surface area contributed by atoms with E-state index in [9.17, 15) is 9.59 Å². The highest BCUT2D eigenvalue weighted by atomic mass is 16.5. The minimum Gasteiger partial charge on any atom is -0.493 e. The fourth-order valence-electron chi connectivity index (χ4n) is 3.68. The second kappa shape index (κ2) is 9.41. The lowest BCUT2D eigenvalue weighted by Crippen LogP contribution is -2.31. The fraction of sp³-hybridized carbons (Fsp3) is 0.250. The molecule has 0 saturated heterocycles. The number of methoxy groups -OCH3 is 1. The van der Waals surface area contributed by atoms with Crippen LogP contribution in [-0.4, -0.2) is 30.8 Å². The number of benzene rings is 2. The molecule has 1 amide bonds. The highest BCUT2D eigenvalue weighted by molar-refractivity contribution is 5.97. The van der Waals surface area contributed by atoms with Crippen molar-refractivity contribution in [3.63, 3.8) is 0 Å². The molecule has 1 aliphatic rings. The summed E-state index contributed by atoms with van der Waals surface area (Å²) in [5.41, 5.74) is 3.41. The third-order valence-electron chi connectivity index (χ3n) is 5.32. The van der Waals surface area contributed by atoms with Gasteiger partial charge in [0, 0.05) is 6.42 Å². The van der Waals surface area contributed by atoms with Gasteiger partial charge in [-0.2, -0.15) is 0 Å². The zero-order valence-electron chi connectivity index (χ0n) is 16.8. The van der Waals surface area contributed by atoms with Crippen molar-refractivity contribution in [2.75, 3.05) is 13.7 Å². The largest absolute Gasteiger partial charge is 0.493 e. The van der Waals surface area contributed by atoms with Crippen molar-refractivity contribution in [3.8, 4) is 5.75 Å². The van der Waals surface area contributed by atoms with Crippen LogP contribution in [0.1, 0.15) is 23.1 Å². The monoisotopic (exact) mass is 407 g/mol. The predicted octanol–water partition coefficient (Wildman–Crippen LogP) is 3.44. The molecular weight excluding hydrogens is 382 g/mol. The molecule has 2 aromatic rings. The second-order valence-electron chi connectivity index (χ2n) is 7.16. The van der Waals surface area contributed by atoms with Crippen molar-refractivity contribution < 1.29 is 24.3 Å². The summed E-state index contributed by atoms with van der Waals surface area (Å²) in [5, 5.41) is 8.94. The van der Waals surface area contributed by atoms with Crippen LogP contribution >= 0.6 is 0 Å². The van der Waals surface area contributed by atoms with Gasteiger partial charge in [-0.1, -0.05) is 61.2 Å². The quantitative estimate of drug-likeness (QED) is 0.288. The molecule has 156 valence electrons. The molecule has 2 aromatic carbocycles. The standard InChI is InChI=1S/C24H25NO5/c1-3-4-7-17-8-5-9-18(14-17)12-13-30-20-11-6-10-19(15-20)24(23(27)29-2)16-21(24)22(26)25-28/h3-11,14-15,21,28H,1,12-13,16H2,2H3,(H,25,26)/b7-4-/t21-,24-/m0/s1. The van der Waals surface area contributed by atoms with Crippen molar-refractivity contribution in [1.29, 1.82) is 0 Å². The number of nitrogens with one attached hydrogen (secondary N) is 1. The number of carbonyl (C=O) groups is 2. The number of hydrogen-bond donors (Lipinski definition) is 2. The summed E-state index contributed by atoms with van der Waals surface area (Å²) >= 11 is 0. The average molecular weight is 407 g/mol. The molecule has 1 fully saturated rings. The molecule has 6 heteroatoms. The maximum Gasteiger partial charge on any atom is 0.317 e. The molecule has 0 spiro atoms. The summed E-state index contributed by atoms with van der Waals surface area (Å²) in [5.74, 6) is -1.17. The molecule has 2 atom stereocenters. The molecule has 0 heterocycles. The van der Waals surface area contributed by atoms with E-state index in [2.05, 4.69) is 12.6 Å². The number of hydroxylamine groups is 1. The van der Waals surface area contributed by atoms with E-state index >= 15 is 0 Å². The summed E-state index contributed by atoms with van der Waals surface area (Å²) in [4.78, 5) is 24.3. The van der Waals surface area contributed by atoms with E-state index in [1.54, 1.807) is 35.8 Å². The van der Waals surface area contributed by atoms with Crippen molar-refractivity contribution >= 4 is 18.0 Å². The first-order chi connectivity index (χ1) is 14.5. The van der Waals surface area contributed by atoms with Crippen molar-refractivity contribution in [3.05, 3.63) is 84.0 Å². The number of rotatable bonds is 9. The third-order valence-corrected chi connectivity index (χ3v) is 5.32. The van der Waals surface area contributed by atoms with Crippen molar-refractivity contribution in [2.45, 2.75) is 18.3 Å². The number of hydrogen-bond acceptors (Lipinski definition) is 5. The molecule has 0 unspecified atom stereocenters. The molecule has 1 saturated carbocycles. The Morgan fingerprint density at radius 3 is 2.80 bits per heavy atom. The number of amides is 1. The Hall–Kier alpha value is -3.38. The summed E-state index contributed by atoms with van der Waals surface area (Å²) < 4.78 is 10.8. The van der Waals surface area contributed by atoms with Crippen LogP contribution in [0.3, 0.4) is 0 Å². The van der Waals surface area contributed by atoms with Gasteiger partial charge >= 0.3 is 5.97 Å². The van der Waals surface area contributed by atoms with E-state index in [4.69, 9.17) is 14.7 Å². The fourth-order valence-corrected chi connectivity index (χ4v) is 3.68. The van der Waals surface area contributed by atoms with E-state index in [0.717, 1.165) is 17.5 Å². The zero-order chi connectivity index (χ0) is 21.6. The Morgan fingerprint density at radius 2 is 2.07 bits per heavy atom. The second-order valence-corrected chi connectivity index (χ2v) is 7.16. The molecule has 0 radical (unpaired) electrons. The van der Waals surface area contributed by atoms with Gasteiger partial charge in [-0.15, -0.1) is 0 Å². The van der Waals surface area contributed by atoms with Gasteiger partial charge < -0.3 is 9.47 Å². The minimum absolute atomic E-state index is 0.278. The van der Waals surface area contributed by atoms with Crippen LogP contribution < -0.4 is 10.2 Å². The Kier molecular flexibility index (Phi) is 6.69. The van der Waals surface area contributed by atoms with Gasteiger partial charge in [0.25, 0.3) is 0 Å². The summed E-state index contributed by atoms with van der Waals surface area (Å²) in [6.45, 7) is 4.14. The smallest absolute Gasteiger partial charge is 0.317 e. The molecule has 1 aliphatic carbocycles. The normalized spacial score (nSPS) is 19.9. The van der Waals surface area contributed by atoms with Crippen LogP contribution in [0.25, 0.3) is 6.08 Å². The number of esters is 1. The third kappa shape index (κ3) is 4.44. The van der Waals surface area contributed by atoms with E-state index in [1.165, 1.54) is 7.11 Å². The Morgan fingerprint density at radius 1 is 1.27 bits per heavy atom. The van der Waals surface area contributed by atoms with Crippen molar-refractivity contribution in [2.24, 2.45) is 5.92 Å². The summed E-state index contributed by atoms with van der Waals surface area (Å²) in [7, 11) is 1.29. The van der Waals surface area contributed by atoms with Gasteiger partial charge in [0.2, 0.25) is 5.91 Å². The molecule has 2 N–H and O–H groups in total. The number of ether oxygens (including phenoxy) is 2. The molecule has 0 aromatic heterocycles. The SMILES string of the molecule is C=C/C=C\c1cccc(CCOc2cccc([C@@]3(C(=O)OC)C[C@H]3C(=O)NO)c2)c1. The van der Waals surface area contributed by atoms with Gasteiger partial charge in [0.05, 0.1) is 19.6 Å². The lowest BCUT2D eigenvalue weighted by Gasteiger charge is -2.16. The minimum atomic E-state index is -1.09. The van der Waals surface area contributed by atoms with Crippen LogP contribution in [0.15, 0.2) is 67.3 Å². The maximum atomic E-state index is 12.4. The highest BCUT2D eigenvalue weighted by Crippen LogP contribution is 2.55. The van der Waals surface area contributed by atoms with E-state index in [0.29, 0.717) is 17.9 Å². The van der Waals surface area contributed by atoms with Gasteiger partial charge in [0.1, 0.15) is 11.2 Å². The first kappa shape index (κ1) is 21.3. The Labute approximate surface area is 175 Å². The topological polar surface area (TPSA) is 84.9 Å². The van der Waals surface area contributed by atoms with Crippen LogP contribution in [0.2, 0.25) is 0 Å². The van der Waals surface area contributed by atoms with Gasteiger partial charge in [0.15, 0.2) is 0 Å². The number of allylic oxidation sites excluding steroid dienone is 2. The molecule has 6 nitrogen and oxygen atoms in total. The average Bonchev–Trinajstić information content (AvgIpc) is 3.54. The van der Waals surface area contributed by atoms with Crippen LogP contribution in [0.4, 0.5) is 0 Å². The number of carbonyl (C=O) groups excluding carboxylic acids is 2. The first-order valence-corrected chi connectivity index (χ1v) is 9.69. The van der Waals surface area contributed by atoms with Gasteiger partial charge in [-0.3, -0.25) is 14.8 Å². The lowest BCUT2D eigenvalue weighted by atomic mass is 9.92. The maximum absolute atomic E-state index is 12.4. The Balaban J connectivity index is 1.69. The zero-order valence-corrected chi connectivity index (χ0v) is 16.8. The first-order valence-electron chi connectivity index (χ1n) is 9.69. The molecular formula is C24H25NO5. The molecule has 0 aliphatic heterocycles. The Bertz CT molecular complexity index is 968. The molecule has 0 bridgehead atoms. The van der Waals surface area contributed by atoms with E-state index < -0.39 is 23.2 Å². The van der Waals surface area contributed by atoms with Gasteiger partial charge in [-0.05, 0) is 35.2 Å². The van der Waals surface area contributed by atoms with Crippen molar-refractivity contribution in [1.82, 2.24) is 5.48 Å². The van der Waals surface area contributed by atoms with Gasteiger partial charge in [-0.25, -0.2) is 5.48 Å². The van der Waals surface area contributed by atoms with Crippen LogP contribution in [-0.2, 0) is 26.2 Å². The summed E-state index contributed by atoms with van der Waals surface area (Å²) in [6.07, 6.45) is 6.61. The lowest BCUT2D eigenvalue weighted by molar-refractivity contribution is -0.146. The van der Waals surface area contributed by atoms with E-state index in [-0.39, 0.29) is 6.42 Å². The predicted molar refractivity (Wildman–Crippen MR) is 113 cm³/mol. The molecule has 3 rings (SSSR count). The van der Waals surface area contributed by atoms with Crippen LogP contribution in [0, 0.1) is 5.92 Å². The highest BCUT2D eigenvalue weighted by Gasteiger charge is 2.65. The molecule has 30 heavy (non-hydrogen) atoms. The van der Waals surface area contributed by atoms with E-state index in [1.807, 2.05) is 30.4 Å².